The van der Waals surface area contributed by atoms with Gasteiger partial charge in [-0.1, -0.05) is 0 Å². The Morgan fingerprint density at radius 3 is 2.68 bits per heavy atom. The van der Waals surface area contributed by atoms with Crippen molar-refractivity contribution in [2.45, 2.75) is 12.5 Å². The van der Waals surface area contributed by atoms with E-state index in [0.29, 0.717) is 11.4 Å². The van der Waals surface area contributed by atoms with Gasteiger partial charge in [0.15, 0.2) is 0 Å². The number of thioether (sulfide) groups is 1. The van der Waals surface area contributed by atoms with Gasteiger partial charge >= 0.3 is 0 Å². The Bertz CT molecular complexity index is 642. The van der Waals surface area contributed by atoms with E-state index in [4.69, 9.17) is 0 Å². The first kappa shape index (κ1) is 16.6. The lowest BCUT2D eigenvalue weighted by Gasteiger charge is -2.22. The van der Waals surface area contributed by atoms with Crippen LogP contribution in [-0.2, 0) is 0 Å². The van der Waals surface area contributed by atoms with E-state index in [1.54, 1.807) is 48.1 Å². The summed E-state index contributed by atoms with van der Waals surface area (Å²) in [6.45, 7) is 1.77. The highest BCUT2D eigenvalue weighted by Crippen LogP contribution is 2.16. The molecule has 1 aromatic carbocycles. The average Bonchev–Trinajstić information content (AvgIpc) is 2.98. The van der Waals surface area contributed by atoms with Crippen LogP contribution >= 0.6 is 11.8 Å². The summed E-state index contributed by atoms with van der Waals surface area (Å²) >= 11 is 1.49. The first-order chi connectivity index (χ1) is 10.4. The highest BCUT2D eigenvalue weighted by Gasteiger charge is 2.21. The van der Waals surface area contributed by atoms with Gasteiger partial charge in [0.05, 0.1) is 11.3 Å². The predicted molar refractivity (Wildman–Crippen MR) is 87.1 cm³/mol. The van der Waals surface area contributed by atoms with Gasteiger partial charge in [-0.05, 0) is 43.5 Å². The minimum Gasteiger partial charge on any atom is -0.387 e. The maximum Gasteiger partial charge on any atom is 0.251 e. The highest BCUT2D eigenvalue weighted by atomic mass is 32.2. The van der Waals surface area contributed by atoms with E-state index >= 15 is 0 Å². The monoisotopic (exact) mass is 322 g/mol. The zero-order valence-electron chi connectivity index (χ0n) is 12.5. The number of nitrogens with one attached hydrogen (secondary N) is 1. The molecule has 6 heteroatoms. The molecule has 1 unspecified atom stereocenters. The number of nitrogens with zero attached hydrogens (tertiary/aromatic N) is 1. The Kier molecular flexibility index (Phi) is 5.26. The quantitative estimate of drug-likeness (QED) is 0.859. The van der Waals surface area contributed by atoms with Crippen LogP contribution in [0.4, 0.5) is 4.39 Å². The minimum absolute atomic E-state index is 0.119. The Morgan fingerprint density at radius 2 is 2.09 bits per heavy atom. The molecule has 2 N–H and O–H groups in total. The lowest BCUT2D eigenvalue weighted by molar-refractivity contribution is 0.0725. The average molecular weight is 322 g/mol. The molecule has 0 spiro atoms. The molecule has 1 aromatic heterocycles. The summed E-state index contributed by atoms with van der Waals surface area (Å²) in [4.78, 5) is 12.0. The summed E-state index contributed by atoms with van der Waals surface area (Å²) in [5.41, 5.74) is -0.372. The number of amides is 1. The van der Waals surface area contributed by atoms with E-state index in [0.717, 1.165) is 0 Å². The largest absolute Gasteiger partial charge is 0.387 e. The molecule has 0 saturated heterocycles. The summed E-state index contributed by atoms with van der Waals surface area (Å²) in [5.74, 6) is -0.368. The molecule has 1 amide bonds. The van der Waals surface area contributed by atoms with E-state index < -0.39 is 17.3 Å². The molecular formula is C16H19FN2O2S. The fourth-order valence-electron chi connectivity index (χ4n) is 2.09. The van der Waals surface area contributed by atoms with Crippen LogP contribution < -0.4 is 5.32 Å². The second-order valence-corrected chi connectivity index (χ2v) is 6.24. The molecule has 0 bridgehead atoms. The summed E-state index contributed by atoms with van der Waals surface area (Å²) in [6, 6.07) is 7.93. The molecule has 4 nitrogen and oxygen atoms in total. The summed E-state index contributed by atoms with van der Waals surface area (Å²) in [6.07, 6.45) is 5.35. The number of rotatable bonds is 6. The van der Waals surface area contributed by atoms with Crippen LogP contribution in [0, 0.1) is 5.82 Å². The standard InChI is InChI=1S/C16H19FN2O2S/c1-16(21,11-22-2)10-18-15(20)12-5-6-14(13(17)9-12)19-7-3-4-8-19/h3-9,21H,10-11H2,1-2H3,(H,18,20). The number of carbonyl (C=O) groups excluding carboxylic acids is 1. The van der Waals surface area contributed by atoms with Gasteiger partial charge in [0.1, 0.15) is 5.82 Å². The molecule has 2 aromatic rings. The summed E-state index contributed by atoms with van der Waals surface area (Å²) < 4.78 is 15.8. The van der Waals surface area contributed by atoms with Gasteiger partial charge in [0.25, 0.3) is 5.91 Å². The SMILES string of the molecule is CSCC(C)(O)CNC(=O)c1ccc(-n2cccc2)c(F)c1. The van der Waals surface area contributed by atoms with Gasteiger partial charge in [-0.2, -0.15) is 11.8 Å². The van der Waals surface area contributed by atoms with Crippen LogP contribution in [0.25, 0.3) is 5.69 Å². The summed E-state index contributed by atoms with van der Waals surface area (Å²) in [5, 5.41) is 12.7. The van der Waals surface area contributed by atoms with Crippen molar-refractivity contribution in [1.82, 2.24) is 9.88 Å². The molecule has 1 heterocycles. The van der Waals surface area contributed by atoms with Crippen LogP contribution in [0.15, 0.2) is 42.7 Å². The number of carbonyl (C=O) groups is 1. The van der Waals surface area contributed by atoms with Crippen LogP contribution in [0.3, 0.4) is 0 Å². The smallest absolute Gasteiger partial charge is 0.251 e. The van der Waals surface area contributed by atoms with Crippen molar-refractivity contribution in [3.8, 4) is 5.69 Å². The maximum atomic E-state index is 14.1. The molecule has 0 fully saturated rings. The number of halogens is 1. The van der Waals surface area contributed by atoms with Crippen molar-refractivity contribution in [2.24, 2.45) is 0 Å². The van der Waals surface area contributed by atoms with Gasteiger partial charge in [-0.15, -0.1) is 0 Å². The zero-order chi connectivity index (χ0) is 16.2. The van der Waals surface area contributed by atoms with Crippen LogP contribution in [0.2, 0.25) is 0 Å². The normalized spacial score (nSPS) is 13.6. The summed E-state index contributed by atoms with van der Waals surface area (Å²) in [7, 11) is 0. The predicted octanol–water partition coefficient (Wildman–Crippen LogP) is 2.46. The number of hydrogen-bond donors (Lipinski definition) is 2. The van der Waals surface area contributed by atoms with Gasteiger partial charge in [-0.25, -0.2) is 4.39 Å². The molecule has 0 radical (unpaired) electrons. The molecule has 0 aliphatic rings. The number of aliphatic hydroxyl groups is 1. The Balaban J connectivity index is 2.07. The van der Waals surface area contributed by atoms with Crippen molar-refractivity contribution >= 4 is 17.7 Å². The highest BCUT2D eigenvalue weighted by molar-refractivity contribution is 7.98. The van der Waals surface area contributed by atoms with Crippen molar-refractivity contribution in [3.63, 3.8) is 0 Å². The zero-order valence-corrected chi connectivity index (χ0v) is 13.4. The Morgan fingerprint density at radius 1 is 1.41 bits per heavy atom. The minimum atomic E-state index is -0.987. The number of benzene rings is 1. The first-order valence-corrected chi connectivity index (χ1v) is 8.25. The second-order valence-electron chi connectivity index (χ2n) is 5.37. The molecule has 2 rings (SSSR count). The van der Waals surface area contributed by atoms with Gasteiger partial charge in [-0.3, -0.25) is 4.79 Å². The molecule has 1 atom stereocenters. The van der Waals surface area contributed by atoms with Crippen LogP contribution in [0.5, 0.6) is 0 Å². The first-order valence-electron chi connectivity index (χ1n) is 6.85. The van der Waals surface area contributed by atoms with Crippen molar-refractivity contribution in [1.29, 1.82) is 0 Å². The molecule has 22 heavy (non-hydrogen) atoms. The van der Waals surface area contributed by atoms with E-state index in [2.05, 4.69) is 5.32 Å². The lowest BCUT2D eigenvalue weighted by atomic mass is 10.1. The van der Waals surface area contributed by atoms with Gasteiger partial charge < -0.3 is 15.0 Å². The fourth-order valence-corrected chi connectivity index (χ4v) is 2.81. The fraction of sp³-hybridized carbons (Fsp3) is 0.312. The van der Waals surface area contributed by atoms with E-state index in [1.807, 2.05) is 6.26 Å². The third kappa shape index (κ3) is 4.11. The van der Waals surface area contributed by atoms with Gasteiger partial charge in [0, 0.05) is 30.3 Å². The van der Waals surface area contributed by atoms with Crippen molar-refractivity contribution < 1.29 is 14.3 Å². The van der Waals surface area contributed by atoms with Crippen molar-refractivity contribution in [2.75, 3.05) is 18.6 Å². The van der Waals surface area contributed by atoms with E-state index in [1.165, 1.54) is 17.8 Å². The van der Waals surface area contributed by atoms with Crippen molar-refractivity contribution in [3.05, 3.63) is 54.1 Å². The number of hydrogen-bond acceptors (Lipinski definition) is 3. The number of aromatic nitrogens is 1. The molecular weight excluding hydrogens is 303 g/mol. The second kappa shape index (κ2) is 6.98. The van der Waals surface area contributed by atoms with Crippen LogP contribution in [0.1, 0.15) is 17.3 Å². The maximum absolute atomic E-state index is 14.1. The Hall–Kier alpha value is -1.79. The molecule has 0 aliphatic heterocycles. The molecule has 0 aliphatic carbocycles. The lowest BCUT2D eigenvalue weighted by Crippen LogP contribution is -2.42. The Labute approximate surface area is 133 Å². The topological polar surface area (TPSA) is 54.3 Å². The third-order valence-corrected chi connectivity index (χ3v) is 4.09. The molecule has 0 saturated carbocycles. The van der Waals surface area contributed by atoms with E-state index in [-0.39, 0.29) is 12.1 Å². The van der Waals surface area contributed by atoms with Gasteiger partial charge in [0.2, 0.25) is 0 Å². The molecule has 118 valence electrons. The third-order valence-electron chi connectivity index (χ3n) is 3.18. The van der Waals surface area contributed by atoms with E-state index in [9.17, 15) is 14.3 Å². The van der Waals surface area contributed by atoms with Crippen LogP contribution in [-0.4, -0.2) is 39.7 Å².